The van der Waals surface area contributed by atoms with Gasteiger partial charge in [0.1, 0.15) is 0 Å². The summed E-state index contributed by atoms with van der Waals surface area (Å²) in [6.45, 7) is 14.3. The van der Waals surface area contributed by atoms with Gasteiger partial charge in [0.25, 0.3) is 0 Å². The van der Waals surface area contributed by atoms with E-state index in [1.807, 2.05) is 61.5 Å². The van der Waals surface area contributed by atoms with Gasteiger partial charge in [-0.3, -0.25) is 0 Å². The maximum Gasteiger partial charge on any atom is 0.157 e. The molecule has 186 valence electrons. The maximum absolute atomic E-state index is 10.2. The Hall–Kier alpha value is -1.37. The van der Waals surface area contributed by atoms with Gasteiger partial charge in [-0.1, -0.05) is 115 Å². The molecule has 0 saturated carbocycles. The molecule has 1 aliphatic heterocycles. The Kier molecular flexibility index (Phi) is 15.4. The largest absolute Gasteiger partial charge is 0.375 e. The zero-order chi connectivity index (χ0) is 24.6. The van der Waals surface area contributed by atoms with Crippen LogP contribution in [0.4, 0.5) is 0 Å². The number of thiol groups is 1. The summed E-state index contributed by atoms with van der Waals surface area (Å²) < 4.78 is 13.9. The molecule has 4 atom stereocenters. The van der Waals surface area contributed by atoms with Gasteiger partial charge in [0.2, 0.25) is 0 Å². The van der Waals surface area contributed by atoms with Crippen LogP contribution in [0.25, 0.3) is 0 Å². The first-order valence-corrected chi connectivity index (χ1v) is 12.7. The Bertz CT molecular complexity index is 711. The van der Waals surface area contributed by atoms with Crippen molar-refractivity contribution >= 4 is 12.8 Å². The van der Waals surface area contributed by atoms with E-state index >= 15 is 0 Å². The summed E-state index contributed by atoms with van der Waals surface area (Å²) in [6.07, 6.45) is 1.00. The van der Waals surface area contributed by atoms with Crippen LogP contribution in [0.2, 0.25) is 0 Å². The van der Waals surface area contributed by atoms with E-state index in [0.29, 0.717) is 19.8 Å². The van der Waals surface area contributed by atoms with Gasteiger partial charge in [-0.25, -0.2) is 4.31 Å². The molecular weight excluding hydrogens is 430 g/mol. The number of benzene rings is 2. The van der Waals surface area contributed by atoms with Crippen LogP contribution in [0.15, 0.2) is 60.7 Å². The summed E-state index contributed by atoms with van der Waals surface area (Å²) in [5, 5.41) is 10.2. The lowest BCUT2D eigenvalue weighted by Crippen LogP contribution is -2.48. The van der Waals surface area contributed by atoms with Gasteiger partial charge in [-0.2, -0.15) is 0 Å². The highest BCUT2D eigenvalue weighted by molar-refractivity contribution is 7.77. The van der Waals surface area contributed by atoms with Crippen molar-refractivity contribution in [2.75, 3.05) is 6.61 Å². The van der Waals surface area contributed by atoms with E-state index in [0.717, 1.165) is 24.3 Å². The summed E-state index contributed by atoms with van der Waals surface area (Å²) in [6, 6.07) is 20.3. The lowest BCUT2D eigenvalue weighted by Gasteiger charge is -2.39. The fourth-order valence-electron chi connectivity index (χ4n) is 3.38. The molecule has 2 aromatic carbocycles. The highest BCUT2D eigenvalue weighted by Gasteiger charge is 2.34. The van der Waals surface area contributed by atoms with Crippen molar-refractivity contribution in [2.45, 2.75) is 86.0 Å². The molecule has 4 nitrogen and oxygen atoms in total. The molecule has 2 aromatic rings. The van der Waals surface area contributed by atoms with Gasteiger partial charge < -0.3 is 14.6 Å². The predicted octanol–water partition coefficient (Wildman–Crippen LogP) is 6.74. The fraction of sp³-hybridized carbons (Fsp3) is 0.571. The third-order valence-corrected chi connectivity index (χ3v) is 5.55. The first-order valence-electron chi connectivity index (χ1n) is 12.3. The topological polar surface area (TPSA) is 41.9 Å². The number of nitrogens with zero attached hydrogens (tertiary/aromatic N) is 1. The Morgan fingerprint density at radius 1 is 0.970 bits per heavy atom. The first kappa shape index (κ1) is 29.7. The van der Waals surface area contributed by atoms with Gasteiger partial charge in [-0.05, 0) is 29.9 Å². The summed E-state index contributed by atoms with van der Waals surface area (Å²) in [5.74, 6) is 0.995. The molecular formula is C28H45NO3S. The molecule has 4 unspecified atom stereocenters. The number of aliphatic hydroxyl groups excluding tert-OH is 1. The minimum atomic E-state index is -0.723. The molecule has 1 heterocycles. The van der Waals surface area contributed by atoms with Crippen LogP contribution in [0, 0.1) is 11.8 Å². The van der Waals surface area contributed by atoms with E-state index in [2.05, 4.69) is 45.0 Å². The van der Waals surface area contributed by atoms with Gasteiger partial charge in [0.05, 0.1) is 25.4 Å². The Balaban J connectivity index is 0.000000820. The van der Waals surface area contributed by atoms with Crippen LogP contribution >= 0.6 is 12.8 Å². The Labute approximate surface area is 207 Å². The molecule has 0 aliphatic carbocycles. The van der Waals surface area contributed by atoms with Gasteiger partial charge in [-0.15, -0.1) is 0 Å². The molecule has 1 fully saturated rings. The number of rotatable bonds is 8. The molecule has 0 amide bonds. The third kappa shape index (κ3) is 12.1. The lowest BCUT2D eigenvalue weighted by molar-refractivity contribution is -0.205. The molecule has 0 spiro atoms. The highest BCUT2D eigenvalue weighted by atomic mass is 32.1. The predicted molar refractivity (Wildman–Crippen MR) is 142 cm³/mol. The fourth-order valence-corrected chi connectivity index (χ4v) is 3.76. The number of ether oxygens (including phenoxy) is 2. The van der Waals surface area contributed by atoms with Crippen molar-refractivity contribution < 1.29 is 14.6 Å². The van der Waals surface area contributed by atoms with E-state index < -0.39 is 6.29 Å². The first-order chi connectivity index (χ1) is 15.9. The molecule has 33 heavy (non-hydrogen) atoms. The van der Waals surface area contributed by atoms with Gasteiger partial charge >= 0.3 is 0 Å². The van der Waals surface area contributed by atoms with Gasteiger partial charge in [0, 0.05) is 12.5 Å². The Morgan fingerprint density at radius 2 is 1.48 bits per heavy atom. The molecule has 1 aliphatic rings. The second-order valence-electron chi connectivity index (χ2n) is 9.00. The Morgan fingerprint density at radius 3 is 2.00 bits per heavy atom. The molecule has 0 bridgehead atoms. The van der Waals surface area contributed by atoms with E-state index in [-0.39, 0.29) is 18.1 Å². The SMILES string of the molecule is CC.CC(C)C.CC1CCC(C(COCc2ccccc2)N(S)Cc2ccccc2)OC1O. The van der Waals surface area contributed by atoms with Crippen LogP contribution in [0.1, 0.15) is 65.5 Å². The normalized spacial score (nSPS) is 21.0. The lowest BCUT2D eigenvalue weighted by atomic mass is 9.95. The number of aliphatic hydroxyl groups is 1. The van der Waals surface area contributed by atoms with Crippen LogP contribution in [-0.2, 0) is 22.6 Å². The summed E-state index contributed by atoms with van der Waals surface area (Å²) in [4.78, 5) is 0. The van der Waals surface area contributed by atoms with Gasteiger partial charge in [0.15, 0.2) is 6.29 Å². The van der Waals surface area contributed by atoms with Crippen molar-refractivity contribution in [3.63, 3.8) is 0 Å². The molecule has 5 heteroatoms. The minimum Gasteiger partial charge on any atom is -0.375 e. The smallest absolute Gasteiger partial charge is 0.157 e. The van der Waals surface area contributed by atoms with E-state index in [1.54, 1.807) is 0 Å². The van der Waals surface area contributed by atoms with Crippen LogP contribution in [0.5, 0.6) is 0 Å². The van der Waals surface area contributed by atoms with E-state index in [4.69, 9.17) is 22.3 Å². The third-order valence-electron chi connectivity index (χ3n) is 5.11. The minimum absolute atomic E-state index is 0.0422. The van der Waals surface area contributed by atoms with E-state index in [1.165, 1.54) is 5.56 Å². The zero-order valence-corrected chi connectivity index (χ0v) is 22.2. The van der Waals surface area contributed by atoms with Crippen molar-refractivity contribution in [3.05, 3.63) is 71.8 Å². The zero-order valence-electron chi connectivity index (χ0n) is 21.4. The van der Waals surface area contributed by atoms with Crippen LogP contribution in [0.3, 0.4) is 0 Å². The van der Waals surface area contributed by atoms with Crippen molar-refractivity contribution in [1.29, 1.82) is 0 Å². The van der Waals surface area contributed by atoms with Crippen molar-refractivity contribution in [1.82, 2.24) is 4.31 Å². The molecule has 0 aromatic heterocycles. The average Bonchev–Trinajstić information content (AvgIpc) is 2.81. The second kappa shape index (κ2) is 17.1. The molecule has 3 rings (SSSR count). The maximum atomic E-state index is 10.2. The average molecular weight is 476 g/mol. The standard InChI is InChI=1S/C22H29NO3S.C4H10.C2H6/c1-17-12-13-21(26-22(17)24)20(16-25-15-19-10-6-3-7-11-19)23(27)14-18-8-4-2-5-9-18;1-4(2)3;1-2/h2-11,17,20-22,24,27H,12-16H2,1H3;4H,1-3H3;1-2H3. The number of hydrogen-bond donors (Lipinski definition) is 2. The summed E-state index contributed by atoms with van der Waals surface area (Å²) in [7, 11) is 0. The van der Waals surface area contributed by atoms with Crippen LogP contribution in [-0.4, -0.2) is 34.5 Å². The molecule has 1 N–H and O–H groups in total. The molecule has 1 saturated heterocycles. The van der Waals surface area contributed by atoms with Crippen LogP contribution < -0.4 is 0 Å². The monoisotopic (exact) mass is 475 g/mol. The second-order valence-corrected chi connectivity index (χ2v) is 9.52. The highest BCUT2D eigenvalue weighted by Crippen LogP contribution is 2.28. The van der Waals surface area contributed by atoms with Crippen molar-refractivity contribution in [3.8, 4) is 0 Å². The summed E-state index contributed by atoms with van der Waals surface area (Å²) in [5.41, 5.74) is 2.33. The van der Waals surface area contributed by atoms with Crippen molar-refractivity contribution in [2.24, 2.45) is 11.8 Å². The quantitative estimate of drug-likeness (QED) is 0.415. The molecule has 0 radical (unpaired) electrons. The number of hydrogen-bond acceptors (Lipinski definition) is 5. The van der Waals surface area contributed by atoms with E-state index in [9.17, 15) is 5.11 Å². The summed E-state index contributed by atoms with van der Waals surface area (Å²) >= 11 is 4.75.